The van der Waals surface area contributed by atoms with E-state index in [1.54, 1.807) is 19.1 Å². The lowest BCUT2D eigenvalue weighted by atomic mass is 9.91. The maximum Gasteiger partial charge on any atom is 0.343 e. The summed E-state index contributed by atoms with van der Waals surface area (Å²) in [5.74, 6) is -0.828. The minimum Gasteiger partial charge on any atom is -0.463 e. The van der Waals surface area contributed by atoms with E-state index in [0.29, 0.717) is 26.2 Å². The predicted molar refractivity (Wildman–Crippen MR) is 204 cm³/mol. The molecule has 2 heterocycles. The Kier molecular flexibility index (Phi) is 9.66. The van der Waals surface area contributed by atoms with Gasteiger partial charge in [-0.1, -0.05) is 110 Å². The van der Waals surface area contributed by atoms with Crippen molar-refractivity contribution in [1.82, 2.24) is 4.57 Å². The number of thiazole rings is 1. The van der Waals surface area contributed by atoms with E-state index in [2.05, 4.69) is 13.8 Å². The van der Waals surface area contributed by atoms with Gasteiger partial charge in [0.15, 0.2) is 4.80 Å². The van der Waals surface area contributed by atoms with Crippen LogP contribution >= 0.6 is 11.3 Å². The third-order valence-corrected chi connectivity index (χ3v) is 10.00. The van der Waals surface area contributed by atoms with Crippen LogP contribution in [-0.4, -0.2) is 28.0 Å². The molecule has 264 valence electrons. The molecule has 11 heteroatoms. The molecule has 0 fully saturated rings. The summed E-state index contributed by atoms with van der Waals surface area (Å²) in [5.41, 5.74) is 3.25. The summed E-state index contributed by atoms with van der Waals surface area (Å²) in [7, 11) is 0. The highest BCUT2D eigenvalue weighted by atomic mass is 32.1. The minimum absolute atomic E-state index is 0.123. The zero-order chi connectivity index (χ0) is 37.2. The third-order valence-electron chi connectivity index (χ3n) is 9.02. The Labute approximate surface area is 307 Å². The molecule has 7 rings (SSSR count). The Morgan fingerprint density at radius 2 is 1.60 bits per heavy atom. The molecule has 0 aliphatic carbocycles. The van der Waals surface area contributed by atoms with Gasteiger partial charge in [-0.2, -0.15) is 0 Å². The van der Waals surface area contributed by atoms with E-state index in [4.69, 9.17) is 14.5 Å². The molecule has 53 heavy (non-hydrogen) atoms. The van der Waals surface area contributed by atoms with Gasteiger partial charge >= 0.3 is 11.9 Å². The second-order valence-electron chi connectivity index (χ2n) is 12.6. The number of benzene rings is 5. The first kappa shape index (κ1) is 35.0. The highest BCUT2D eigenvalue weighted by Crippen LogP contribution is 2.36. The standard InChI is InChI=1S/C42H33N3O7S/c1-4-51-41(48)36-37(28-11-6-5-7-12-28)43-42-44(38(36)29-16-14-26(15-17-29)25(2)3)39(46)35(53-42)24-33-32-13-9-8-10-27(32)20-23-34(33)52-40(47)30-18-21-31(22-19-30)45(49)50/h5-25,38H,4H2,1-3H3/b35-24-/t38-/m1/s1. The molecular formula is C42H33N3O7S. The number of carbonyl (C=O) groups excluding carboxylic acids is 2. The number of nitro groups is 1. The predicted octanol–water partition coefficient (Wildman–Crippen LogP) is 7.34. The number of carbonyl (C=O) groups is 2. The van der Waals surface area contributed by atoms with Gasteiger partial charge in [-0.05, 0) is 59.0 Å². The number of esters is 2. The van der Waals surface area contributed by atoms with Crippen molar-refractivity contribution in [2.45, 2.75) is 32.7 Å². The third kappa shape index (κ3) is 6.82. The molecular weight excluding hydrogens is 691 g/mol. The number of rotatable bonds is 9. The lowest BCUT2D eigenvalue weighted by molar-refractivity contribution is -0.384. The van der Waals surface area contributed by atoms with Crippen LogP contribution in [0.15, 0.2) is 131 Å². The van der Waals surface area contributed by atoms with Gasteiger partial charge in [0.05, 0.1) is 38.9 Å². The first-order chi connectivity index (χ1) is 25.6. The van der Waals surface area contributed by atoms with E-state index in [1.165, 1.54) is 28.8 Å². The molecule has 0 unspecified atom stereocenters. The largest absolute Gasteiger partial charge is 0.463 e. The van der Waals surface area contributed by atoms with Crippen LogP contribution in [0.25, 0.3) is 22.5 Å². The first-order valence-corrected chi connectivity index (χ1v) is 17.8. The zero-order valence-electron chi connectivity index (χ0n) is 29.0. The normalized spacial score (nSPS) is 14.2. The molecule has 0 saturated carbocycles. The Balaban J connectivity index is 1.44. The molecule has 1 aliphatic rings. The fourth-order valence-electron chi connectivity index (χ4n) is 6.34. The summed E-state index contributed by atoms with van der Waals surface area (Å²) < 4.78 is 13.3. The number of fused-ring (bicyclic) bond motifs is 2. The number of aromatic nitrogens is 1. The van der Waals surface area contributed by atoms with Crippen LogP contribution in [0.3, 0.4) is 0 Å². The van der Waals surface area contributed by atoms with Crippen LogP contribution in [-0.2, 0) is 9.53 Å². The summed E-state index contributed by atoms with van der Waals surface area (Å²) in [6.07, 6.45) is 1.68. The van der Waals surface area contributed by atoms with Crippen LogP contribution in [0.5, 0.6) is 5.75 Å². The minimum atomic E-state index is -0.851. The van der Waals surface area contributed by atoms with Crippen LogP contribution < -0.4 is 19.6 Å². The summed E-state index contributed by atoms with van der Waals surface area (Å²) >= 11 is 1.16. The number of hydrogen-bond acceptors (Lipinski definition) is 9. The zero-order valence-corrected chi connectivity index (χ0v) is 29.8. The van der Waals surface area contributed by atoms with Gasteiger partial charge in [0.1, 0.15) is 5.75 Å². The Morgan fingerprint density at radius 3 is 2.28 bits per heavy atom. The van der Waals surface area contributed by atoms with E-state index in [0.717, 1.165) is 33.2 Å². The van der Waals surface area contributed by atoms with E-state index >= 15 is 0 Å². The van der Waals surface area contributed by atoms with Gasteiger partial charge in [0, 0.05) is 23.3 Å². The molecule has 0 bridgehead atoms. The molecule has 5 aromatic carbocycles. The average molecular weight is 724 g/mol. The number of hydrogen-bond donors (Lipinski definition) is 0. The van der Waals surface area contributed by atoms with E-state index in [1.807, 2.05) is 84.9 Å². The smallest absolute Gasteiger partial charge is 0.343 e. The number of nitrogens with zero attached hydrogens (tertiary/aromatic N) is 3. The van der Waals surface area contributed by atoms with Crippen molar-refractivity contribution < 1.29 is 24.0 Å². The van der Waals surface area contributed by atoms with Crippen molar-refractivity contribution in [3.05, 3.63) is 178 Å². The van der Waals surface area contributed by atoms with Crippen molar-refractivity contribution in [1.29, 1.82) is 0 Å². The summed E-state index contributed by atoms with van der Waals surface area (Å²) in [5, 5.41) is 12.7. The topological polar surface area (TPSA) is 130 Å². The van der Waals surface area contributed by atoms with Crippen LogP contribution in [0, 0.1) is 10.1 Å². The molecule has 6 aromatic rings. The molecule has 1 aliphatic heterocycles. The van der Waals surface area contributed by atoms with Gasteiger partial charge < -0.3 is 9.47 Å². The van der Waals surface area contributed by atoms with Crippen LogP contribution in [0.2, 0.25) is 0 Å². The molecule has 1 aromatic heterocycles. The Hall–Kier alpha value is -6.46. The monoisotopic (exact) mass is 723 g/mol. The second kappa shape index (κ2) is 14.6. The quantitative estimate of drug-likeness (QED) is 0.0661. The van der Waals surface area contributed by atoms with E-state index < -0.39 is 22.9 Å². The summed E-state index contributed by atoms with van der Waals surface area (Å²) in [6.45, 7) is 6.06. The van der Waals surface area contributed by atoms with Gasteiger partial charge in [0.25, 0.3) is 11.2 Å². The summed E-state index contributed by atoms with van der Waals surface area (Å²) in [4.78, 5) is 57.8. The fourth-order valence-corrected chi connectivity index (χ4v) is 7.32. The van der Waals surface area contributed by atoms with Gasteiger partial charge in [-0.3, -0.25) is 19.5 Å². The number of non-ortho nitro benzene ring substituents is 1. The molecule has 1 atom stereocenters. The number of nitro benzene ring substituents is 1. The molecule has 0 saturated heterocycles. The molecule has 0 spiro atoms. The van der Waals surface area contributed by atoms with Crippen molar-refractivity contribution >= 4 is 51.5 Å². The molecule has 0 amide bonds. The van der Waals surface area contributed by atoms with Crippen LogP contribution in [0.1, 0.15) is 65.3 Å². The highest BCUT2D eigenvalue weighted by molar-refractivity contribution is 7.07. The lowest BCUT2D eigenvalue weighted by Gasteiger charge is -2.26. The molecule has 10 nitrogen and oxygen atoms in total. The fraction of sp³-hybridized carbons (Fsp3) is 0.143. The van der Waals surface area contributed by atoms with Crippen molar-refractivity contribution in [3.8, 4) is 5.75 Å². The first-order valence-electron chi connectivity index (χ1n) is 17.0. The van der Waals surface area contributed by atoms with Gasteiger partial charge in [-0.25, -0.2) is 14.6 Å². The lowest BCUT2D eigenvalue weighted by Crippen LogP contribution is -2.40. The molecule has 0 N–H and O–H groups in total. The van der Waals surface area contributed by atoms with Crippen molar-refractivity contribution in [2.75, 3.05) is 6.61 Å². The van der Waals surface area contributed by atoms with Crippen LogP contribution in [0.4, 0.5) is 5.69 Å². The SMILES string of the molecule is CCOC(=O)C1=C(c2ccccc2)N=c2s/c(=C\c3c(OC(=O)c4ccc([N+](=O)[O-])cc4)ccc4ccccc34)c(=O)n2[C@@H]1c1ccc(C(C)C)cc1. The average Bonchev–Trinajstić information content (AvgIpc) is 3.49. The van der Waals surface area contributed by atoms with E-state index in [-0.39, 0.29) is 40.7 Å². The Bertz CT molecular complexity index is 2610. The maximum absolute atomic E-state index is 14.7. The van der Waals surface area contributed by atoms with Gasteiger partial charge in [0.2, 0.25) is 0 Å². The maximum atomic E-state index is 14.7. The number of ether oxygens (including phenoxy) is 2. The van der Waals surface area contributed by atoms with Crippen molar-refractivity contribution in [3.63, 3.8) is 0 Å². The van der Waals surface area contributed by atoms with Crippen molar-refractivity contribution in [2.24, 2.45) is 4.99 Å². The Morgan fingerprint density at radius 1 is 0.906 bits per heavy atom. The summed E-state index contributed by atoms with van der Waals surface area (Å²) in [6, 6.07) is 32.5. The molecule has 0 radical (unpaired) electrons. The van der Waals surface area contributed by atoms with Gasteiger partial charge in [-0.15, -0.1) is 0 Å². The highest BCUT2D eigenvalue weighted by Gasteiger charge is 2.35. The van der Waals surface area contributed by atoms with E-state index in [9.17, 15) is 24.5 Å². The second-order valence-corrected chi connectivity index (χ2v) is 13.7.